The van der Waals surface area contributed by atoms with Gasteiger partial charge in [-0.25, -0.2) is 0 Å². The number of rotatable bonds is 3. The maximum absolute atomic E-state index is 12.5. The molecule has 2 atom stereocenters. The molecule has 1 aliphatic carbocycles. The highest BCUT2D eigenvalue weighted by atomic mass is 16.5. The molecule has 1 aromatic heterocycles. The Hall–Kier alpha value is -1.85. The lowest BCUT2D eigenvalue weighted by atomic mass is 9.92. The second-order valence-electron chi connectivity index (χ2n) is 5.87. The van der Waals surface area contributed by atoms with Crippen LogP contribution in [0.25, 0.3) is 0 Å². The van der Waals surface area contributed by atoms with Crippen LogP contribution in [0.5, 0.6) is 0 Å². The minimum atomic E-state index is -0.339. The Morgan fingerprint density at radius 1 is 1.35 bits per heavy atom. The largest absolute Gasteiger partial charge is 0.369 e. The highest BCUT2D eigenvalue weighted by Gasteiger charge is 2.34. The average molecular weight is 277 g/mol. The molecule has 0 aromatic carbocycles. The number of carbonyl (C=O) groups excluding carboxylic acids is 2. The van der Waals surface area contributed by atoms with Crippen LogP contribution in [-0.2, 0) is 4.79 Å². The molecule has 2 aliphatic rings. The number of likely N-dealkylation sites (tertiary alicyclic amines) is 1. The number of carbonyl (C=O) groups is 2. The summed E-state index contributed by atoms with van der Waals surface area (Å²) in [5, 5.41) is 3.87. The summed E-state index contributed by atoms with van der Waals surface area (Å²) in [6.45, 7) is 2.36. The molecule has 6 nitrogen and oxygen atoms in total. The molecule has 3 rings (SSSR count). The second-order valence-corrected chi connectivity index (χ2v) is 5.87. The van der Waals surface area contributed by atoms with E-state index in [2.05, 4.69) is 5.16 Å². The first-order valence-corrected chi connectivity index (χ1v) is 7.13. The van der Waals surface area contributed by atoms with E-state index >= 15 is 0 Å². The molecule has 0 bridgehead atoms. The van der Waals surface area contributed by atoms with Gasteiger partial charge in [-0.05, 0) is 32.6 Å². The number of nitrogens with two attached hydrogens (primary N) is 1. The predicted octanol–water partition coefficient (Wildman–Crippen LogP) is 1.28. The Bertz CT molecular complexity index is 536. The Morgan fingerprint density at radius 3 is 2.75 bits per heavy atom. The van der Waals surface area contributed by atoms with Crippen molar-refractivity contribution in [1.29, 1.82) is 0 Å². The van der Waals surface area contributed by atoms with Gasteiger partial charge in [0.15, 0.2) is 5.69 Å². The lowest BCUT2D eigenvalue weighted by molar-refractivity contribution is -0.123. The minimum Gasteiger partial charge on any atom is -0.369 e. The van der Waals surface area contributed by atoms with Crippen molar-refractivity contribution in [2.75, 3.05) is 6.54 Å². The zero-order valence-corrected chi connectivity index (χ0v) is 11.5. The van der Waals surface area contributed by atoms with Crippen molar-refractivity contribution < 1.29 is 14.1 Å². The number of piperidine rings is 1. The molecule has 0 unspecified atom stereocenters. The fourth-order valence-electron chi connectivity index (χ4n) is 2.72. The van der Waals surface area contributed by atoms with Gasteiger partial charge in [0.25, 0.3) is 5.91 Å². The first-order chi connectivity index (χ1) is 9.56. The van der Waals surface area contributed by atoms with E-state index in [1.54, 1.807) is 11.0 Å². The van der Waals surface area contributed by atoms with Crippen LogP contribution in [0.2, 0.25) is 0 Å². The van der Waals surface area contributed by atoms with E-state index in [1.807, 2.05) is 6.92 Å². The number of amides is 2. The molecule has 0 spiro atoms. The minimum absolute atomic E-state index is 0.0965. The molecule has 2 fully saturated rings. The van der Waals surface area contributed by atoms with Gasteiger partial charge in [-0.3, -0.25) is 9.59 Å². The third-order valence-electron chi connectivity index (χ3n) is 4.27. The van der Waals surface area contributed by atoms with Crippen LogP contribution in [0.3, 0.4) is 0 Å². The molecule has 1 aromatic rings. The molecule has 20 heavy (non-hydrogen) atoms. The van der Waals surface area contributed by atoms with Crippen molar-refractivity contribution in [3.05, 3.63) is 17.5 Å². The van der Waals surface area contributed by atoms with Gasteiger partial charge < -0.3 is 15.2 Å². The molecule has 1 saturated heterocycles. The third-order valence-corrected chi connectivity index (χ3v) is 4.27. The summed E-state index contributed by atoms with van der Waals surface area (Å²) in [6.07, 6.45) is 3.73. The zero-order valence-electron chi connectivity index (χ0n) is 11.5. The van der Waals surface area contributed by atoms with Crippen LogP contribution in [0.15, 0.2) is 10.6 Å². The topological polar surface area (TPSA) is 89.4 Å². The Kier molecular flexibility index (Phi) is 3.23. The predicted molar refractivity (Wildman–Crippen MR) is 70.9 cm³/mol. The van der Waals surface area contributed by atoms with Gasteiger partial charge in [-0.2, -0.15) is 0 Å². The summed E-state index contributed by atoms with van der Waals surface area (Å²) in [5.41, 5.74) is 5.69. The maximum atomic E-state index is 12.5. The Labute approximate surface area is 117 Å². The van der Waals surface area contributed by atoms with Gasteiger partial charge in [0.05, 0.1) is 5.92 Å². The Balaban J connectivity index is 1.74. The molecule has 1 saturated carbocycles. The first kappa shape index (κ1) is 13.1. The second kappa shape index (κ2) is 4.92. The van der Waals surface area contributed by atoms with Gasteiger partial charge >= 0.3 is 0 Å². The standard InChI is InChI=1S/C14H19N3O3/c1-8-2-3-10(13(15)18)7-17(8)14(19)11-6-12(20-16-11)9-4-5-9/h6,8-10H,2-5,7H2,1H3,(H2,15,18)/t8-,10-/m1/s1. The fourth-order valence-corrected chi connectivity index (χ4v) is 2.72. The molecule has 2 amide bonds. The quantitative estimate of drug-likeness (QED) is 0.901. The van der Waals surface area contributed by atoms with E-state index in [4.69, 9.17) is 10.3 Å². The maximum Gasteiger partial charge on any atom is 0.276 e. The van der Waals surface area contributed by atoms with Gasteiger partial charge in [0.2, 0.25) is 5.91 Å². The van der Waals surface area contributed by atoms with Crippen molar-refractivity contribution in [1.82, 2.24) is 10.1 Å². The molecular formula is C14H19N3O3. The van der Waals surface area contributed by atoms with E-state index in [9.17, 15) is 9.59 Å². The smallest absolute Gasteiger partial charge is 0.276 e. The van der Waals surface area contributed by atoms with Crippen LogP contribution in [0.1, 0.15) is 54.8 Å². The van der Waals surface area contributed by atoms with Crippen molar-refractivity contribution >= 4 is 11.8 Å². The fraction of sp³-hybridized carbons (Fsp3) is 0.643. The monoisotopic (exact) mass is 277 g/mol. The van der Waals surface area contributed by atoms with E-state index in [0.29, 0.717) is 18.2 Å². The van der Waals surface area contributed by atoms with Crippen molar-refractivity contribution in [3.63, 3.8) is 0 Å². The van der Waals surface area contributed by atoms with Gasteiger partial charge in [-0.1, -0.05) is 5.16 Å². The lowest BCUT2D eigenvalue weighted by Gasteiger charge is -2.36. The number of hydrogen-bond donors (Lipinski definition) is 1. The van der Waals surface area contributed by atoms with E-state index in [-0.39, 0.29) is 23.8 Å². The summed E-state index contributed by atoms with van der Waals surface area (Å²) < 4.78 is 5.22. The summed E-state index contributed by atoms with van der Waals surface area (Å²) in [6, 6.07) is 1.83. The summed E-state index contributed by atoms with van der Waals surface area (Å²) in [5.74, 6) is 0.461. The van der Waals surface area contributed by atoms with E-state index in [1.165, 1.54) is 0 Å². The highest BCUT2D eigenvalue weighted by molar-refractivity contribution is 5.93. The summed E-state index contributed by atoms with van der Waals surface area (Å²) in [4.78, 5) is 25.5. The molecular weight excluding hydrogens is 258 g/mol. The number of aromatic nitrogens is 1. The first-order valence-electron chi connectivity index (χ1n) is 7.13. The zero-order chi connectivity index (χ0) is 14.3. The molecule has 2 N–H and O–H groups in total. The normalized spacial score (nSPS) is 26.6. The van der Waals surface area contributed by atoms with Crippen LogP contribution < -0.4 is 5.73 Å². The third kappa shape index (κ3) is 2.42. The van der Waals surface area contributed by atoms with Crippen molar-refractivity contribution in [2.45, 2.75) is 44.6 Å². The number of hydrogen-bond acceptors (Lipinski definition) is 4. The Morgan fingerprint density at radius 2 is 2.10 bits per heavy atom. The van der Waals surface area contributed by atoms with Crippen molar-refractivity contribution in [3.8, 4) is 0 Å². The van der Waals surface area contributed by atoms with Crippen molar-refractivity contribution in [2.24, 2.45) is 11.7 Å². The average Bonchev–Trinajstić information content (AvgIpc) is 3.16. The number of nitrogens with zero attached hydrogens (tertiary/aromatic N) is 2. The number of primary amides is 1. The van der Waals surface area contributed by atoms with Crippen LogP contribution >= 0.6 is 0 Å². The summed E-state index contributed by atoms with van der Waals surface area (Å²) >= 11 is 0. The van der Waals surface area contributed by atoms with Gasteiger partial charge in [0.1, 0.15) is 5.76 Å². The molecule has 2 heterocycles. The highest BCUT2D eigenvalue weighted by Crippen LogP contribution is 2.40. The van der Waals surface area contributed by atoms with Gasteiger partial charge in [-0.15, -0.1) is 0 Å². The molecule has 0 radical (unpaired) electrons. The van der Waals surface area contributed by atoms with E-state index < -0.39 is 0 Å². The van der Waals surface area contributed by atoms with Crippen LogP contribution in [-0.4, -0.2) is 34.5 Å². The molecule has 6 heteroatoms. The van der Waals surface area contributed by atoms with Crippen LogP contribution in [0, 0.1) is 5.92 Å². The SMILES string of the molecule is C[C@@H]1CC[C@@H](C(N)=O)CN1C(=O)c1cc(C2CC2)on1. The van der Waals surface area contributed by atoms with Gasteiger partial charge in [0, 0.05) is 24.6 Å². The summed E-state index contributed by atoms with van der Waals surface area (Å²) in [7, 11) is 0. The molecule has 1 aliphatic heterocycles. The lowest BCUT2D eigenvalue weighted by Crippen LogP contribution is -2.48. The van der Waals surface area contributed by atoms with Crippen LogP contribution in [0.4, 0.5) is 0 Å². The molecule has 108 valence electrons. The van der Waals surface area contributed by atoms with E-state index in [0.717, 1.165) is 31.4 Å².